The molecule has 2 heterocycles. The van der Waals surface area contributed by atoms with E-state index in [0.717, 1.165) is 18.8 Å². The molecule has 5 nitrogen and oxygen atoms in total. The fourth-order valence-electron chi connectivity index (χ4n) is 2.07. The summed E-state index contributed by atoms with van der Waals surface area (Å²) in [6, 6.07) is 3.81. The first kappa shape index (κ1) is 13.8. The number of rotatable bonds is 4. The van der Waals surface area contributed by atoms with Gasteiger partial charge in [0.05, 0.1) is 24.8 Å². The van der Waals surface area contributed by atoms with E-state index in [1.807, 2.05) is 24.0 Å². The van der Waals surface area contributed by atoms with Crippen LogP contribution in [-0.2, 0) is 4.74 Å². The molecule has 1 aromatic heterocycles. The maximum atomic E-state index is 12.3. The van der Waals surface area contributed by atoms with Crippen LogP contribution in [0.5, 0.6) is 0 Å². The number of amides is 1. The Morgan fingerprint density at radius 2 is 2.42 bits per heavy atom. The topological polar surface area (TPSA) is 54.5 Å². The lowest BCUT2D eigenvalue weighted by Gasteiger charge is -2.33. The lowest BCUT2D eigenvalue weighted by molar-refractivity contribution is 0.00357. The largest absolute Gasteiger partial charge is 0.377 e. The summed E-state index contributed by atoms with van der Waals surface area (Å²) in [5, 5.41) is 3.19. The summed E-state index contributed by atoms with van der Waals surface area (Å²) in [5.41, 5.74) is 0.635. The number of hydrogen-bond acceptors (Lipinski definition) is 4. The number of hydrogen-bond donors (Lipinski definition) is 1. The third kappa shape index (κ3) is 3.44. The number of aromatic nitrogens is 1. The van der Waals surface area contributed by atoms with E-state index in [0.29, 0.717) is 25.3 Å². The fourth-order valence-corrected chi connectivity index (χ4v) is 2.07. The molecule has 0 aromatic carbocycles. The van der Waals surface area contributed by atoms with E-state index >= 15 is 0 Å². The second kappa shape index (κ2) is 6.52. The Morgan fingerprint density at radius 1 is 1.58 bits per heavy atom. The van der Waals surface area contributed by atoms with Gasteiger partial charge in [0.1, 0.15) is 5.82 Å². The van der Waals surface area contributed by atoms with Crippen LogP contribution in [0, 0.1) is 0 Å². The molecule has 0 saturated carbocycles. The fraction of sp³-hybridized carbons (Fsp3) is 0.571. The first-order valence-electron chi connectivity index (χ1n) is 6.81. The molecular formula is C14H21N3O2. The number of carbonyl (C=O) groups excluding carboxylic acids is 1. The molecular weight excluding hydrogens is 242 g/mol. The average molecular weight is 263 g/mol. The van der Waals surface area contributed by atoms with E-state index < -0.39 is 0 Å². The molecule has 0 spiro atoms. The molecule has 1 amide bonds. The first-order valence-corrected chi connectivity index (χ1v) is 6.81. The zero-order chi connectivity index (χ0) is 13.7. The van der Waals surface area contributed by atoms with E-state index in [2.05, 4.69) is 17.2 Å². The Labute approximate surface area is 114 Å². The Bertz CT molecular complexity index is 419. The van der Waals surface area contributed by atoms with Crippen molar-refractivity contribution in [2.75, 3.05) is 31.6 Å². The lowest BCUT2D eigenvalue weighted by Crippen LogP contribution is -2.47. The highest BCUT2D eigenvalue weighted by atomic mass is 16.5. The van der Waals surface area contributed by atoms with Crippen molar-refractivity contribution in [3.8, 4) is 0 Å². The van der Waals surface area contributed by atoms with Crippen molar-refractivity contribution in [2.24, 2.45) is 0 Å². The molecule has 5 heteroatoms. The molecule has 1 saturated heterocycles. The van der Waals surface area contributed by atoms with E-state index in [4.69, 9.17) is 4.74 Å². The van der Waals surface area contributed by atoms with Crippen LogP contribution in [0.25, 0.3) is 0 Å². The summed E-state index contributed by atoms with van der Waals surface area (Å²) >= 11 is 0. The van der Waals surface area contributed by atoms with Gasteiger partial charge < -0.3 is 15.0 Å². The summed E-state index contributed by atoms with van der Waals surface area (Å²) in [6.45, 7) is 6.86. The van der Waals surface area contributed by atoms with Gasteiger partial charge in [-0.05, 0) is 25.5 Å². The molecule has 1 aliphatic heterocycles. The van der Waals surface area contributed by atoms with Crippen LogP contribution >= 0.6 is 0 Å². The molecule has 1 unspecified atom stereocenters. The Kier molecular flexibility index (Phi) is 4.74. The van der Waals surface area contributed by atoms with Crippen LogP contribution in [0.15, 0.2) is 18.3 Å². The third-order valence-electron chi connectivity index (χ3n) is 3.20. The van der Waals surface area contributed by atoms with Gasteiger partial charge in [-0.3, -0.25) is 4.79 Å². The minimum Gasteiger partial charge on any atom is -0.377 e. The smallest absolute Gasteiger partial charge is 0.255 e. The summed E-state index contributed by atoms with van der Waals surface area (Å²) in [6.07, 6.45) is 2.69. The molecule has 2 rings (SSSR count). The number of morpholine rings is 1. The van der Waals surface area contributed by atoms with E-state index in [9.17, 15) is 4.79 Å². The van der Waals surface area contributed by atoms with Crippen LogP contribution in [0.2, 0.25) is 0 Å². The number of nitrogens with one attached hydrogen (secondary N) is 1. The van der Waals surface area contributed by atoms with E-state index in [1.54, 1.807) is 6.20 Å². The number of nitrogens with zero attached hydrogens (tertiary/aromatic N) is 2. The molecule has 19 heavy (non-hydrogen) atoms. The molecule has 1 aromatic rings. The van der Waals surface area contributed by atoms with Gasteiger partial charge in [-0.15, -0.1) is 0 Å². The van der Waals surface area contributed by atoms with Crippen LogP contribution in [0.4, 0.5) is 5.82 Å². The quantitative estimate of drug-likeness (QED) is 0.899. The first-order chi connectivity index (χ1) is 9.22. The SMILES string of the molecule is CCCNc1ccc(C(=O)N2CCOCC2C)cn1. The number of carbonyl (C=O) groups is 1. The molecule has 0 radical (unpaired) electrons. The highest BCUT2D eigenvalue weighted by molar-refractivity contribution is 5.94. The van der Waals surface area contributed by atoms with Crippen molar-refractivity contribution < 1.29 is 9.53 Å². The van der Waals surface area contributed by atoms with Gasteiger partial charge in [0.25, 0.3) is 5.91 Å². The second-order valence-electron chi connectivity index (χ2n) is 4.78. The molecule has 104 valence electrons. The van der Waals surface area contributed by atoms with Crippen LogP contribution in [-0.4, -0.2) is 48.1 Å². The summed E-state index contributed by atoms with van der Waals surface area (Å²) in [5.74, 6) is 0.846. The molecule has 1 N–H and O–H groups in total. The minimum atomic E-state index is 0.0327. The normalized spacial score (nSPS) is 19.3. The Morgan fingerprint density at radius 3 is 3.05 bits per heavy atom. The predicted molar refractivity (Wildman–Crippen MR) is 74.3 cm³/mol. The zero-order valence-corrected chi connectivity index (χ0v) is 11.6. The van der Waals surface area contributed by atoms with Crippen molar-refractivity contribution in [1.29, 1.82) is 0 Å². The van der Waals surface area contributed by atoms with Crippen molar-refractivity contribution in [3.05, 3.63) is 23.9 Å². The van der Waals surface area contributed by atoms with Gasteiger partial charge in [-0.1, -0.05) is 6.92 Å². The average Bonchev–Trinajstić information content (AvgIpc) is 2.45. The lowest BCUT2D eigenvalue weighted by atomic mass is 10.2. The third-order valence-corrected chi connectivity index (χ3v) is 3.20. The monoisotopic (exact) mass is 263 g/mol. The van der Waals surface area contributed by atoms with Gasteiger partial charge in [0.2, 0.25) is 0 Å². The Hall–Kier alpha value is -1.62. The number of pyridine rings is 1. The van der Waals surface area contributed by atoms with Gasteiger partial charge in [-0.2, -0.15) is 0 Å². The van der Waals surface area contributed by atoms with E-state index in [1.165, 1.54) is 0 Å². The van der Waals surface area contributed by atoms with Crippen LogP contribution in [0.3, 0.4) is 0 Å². The number of ether oxygens (including phenoxy) is 1. The minimum absolute atomic E-state index is 0.0327. The van der Waals surface area contributed by atoms with Gasteiger partial charge in [-0.25, -0.2) is 4.98 Å². The van der Waals surface area contributed by atoms with Crippen LogP contribution < -0.4 is 5.32 Å². The van der Waals surface area contributed by atoms with Gasteiger partial charge in [0, 0.05) is 19.3 Å². The zero-order valence-electron chi connectivity index (χ0n) is 11.6. The van der Waals surface area contributed by atoms with Crippen molar-refractivity contribution in [2.45, 2.75) is 26.3 Å². The van der Waals surface area contributed by atoms with Crippen molar-refractivity contribution in [1.82, 2.24) is 9.88 Å². The molecule has 1 fully saturated rings. The molecule has 1 atom stereocenters. The second-order valence-corrected chi connectivity index (χ2v) is 4.78. The summed E-state index contributed by atoms with van der Waals surface area (Å²) < 4.78 is 5.34. The van der Waals surface area contributed by atoms with E-state index in [-0.39, 0.29) is 11.9 Å². The maximum absolute atomic E-state index is 12.3. The Balaban J connectivity index is 2.02. The van der Waals surface area contributed by atoms with Crippen LogP contribution in [0.1, 0.15) is 30.6 Å². The van der Waals surface area contributed by atoms with Crippen molar-refractivity contribution in [3.63, 3.8) is 0 Å². The highest BCUT2D eigenvalue weighted by Crippen LogP contribution is 2.13. The highest BCUT2D eigenvalue weighted by Gasteiger charge is 2.24. The summed E-state index contributed by atoms with van der Waals surface area (Å²) in [4.78, 5) is 18.5. The van der Waals surface area contributed by atoms with Gasteiger partial charge >= 0.3 is 0 Å². The summed E-state index contributed by atoms with van der Waals surface area (Å²) in [7, 11) is 0. The maximum Gasteiger partial charge on any atom is 0.255 e. The van der Waals surface area contributed by atoms with Crippen molar-refractivity contribution >= 4 is 11.7 Å². The molecule has 0 aliphatic carbocycles. The predicted octanol–water partition coefficient (Wildman–Crippen LogP) is 1.76. The number of anilines is 1. The van der Waals surface area contributed by atoms with Gasteiger partial charge in [0.15, 0.2) is 0 Å². The standard InChI is InChI=1S/C14H21N3O2/c1-3-6-15-13-5-4-12(9-16-13)14(18)17-7-8-19-10-11(17)2/h4-5,9,11H,3,6-8,10H2,1-2H3,(H,15,16). The molecule has 1 aliphatic rings. The molecule has 0 bridgehead atoms.